The Labute approximate surface area is 153 Å². The van der Waals surface area contributed by atoms with Gasteiger partial charge in [0, 0.05) is 44.6 Å². The van der Waals surface area contributed by atoms with Gasteiger partial charge in [-0.05, 0) is 25.5 Å². The Hall–Kier alpha value is -2.70. The SMILES string of the molecule is CC(=O)CCC(=O)N1CCCN(C(=O)CNC(=O)c2ccccc2)CC1. The lowest BCUT2D eigenvalue weighted by molar-refractivity contribution is -0.133. The number of hydrogen-bond donors (Lipinski definition) is 1. The maximum absolute atomic E-state index is 12.3. The molecule has 0 spiro atoms. The predicted octanol–water partition coefficient (Wildman–Crippen LogP) is 0.847. The second kappa shape index (κ2) is 9.70. The highest BCUT2D eigenvalue weighted by atomic mass is 16.2. The van der Waals surface area contributed by atoms with Gasteiger partial charge < -0.3 is 19.9 Å². The van der Waals surface area contributed by atoms with Crippen molar-refractivity contribution < 1.29 is 19.2 Å². The van der Waals surface area contributed by atoms with Gasteiger partial charge in [0.1, 0.15) is 5.78 Å². The lowest BCUT2D eigenvalue weighted by Crippen LogP contribution is -2.42. The fourth-order valence-corrected chi connectivity index (χ4v) is 2.82. The Balaban J connectivity index is 1.79. The average Bonchev–Trinajstić information content (AvgIpc) is 2.91. The van der Waals surface area contributed by atoms with Crippen LogP contribution in [0.4, 0.5) is 0 Å². The summed E-state index contributed by atoms with van der Waals surface area (Å²) >= 11 is 0. The number of Topliss-reactive ketones (excluding diaryl/α,β-unsaturated/α-hetero) is 1. The standard InChI is InChI=1S/C19H25N3O4/c1-15(23)8-9-17(24)21-10-5-11-22(13-12-21)18(25)14-20-19(26)16-6-3-2-4-7-16/h2-4,6-7H,5,8-14H2,1H3,(H,20,26). The molecule has 0 saturated carbocycles. The molecule has 0 aromatic heterocycles. The van der Waals surface area contributed by atoms with E-state index in [1.807, 2.05) is 6.07 Å². The number of carbonyl (C=O) groups excluding carboxylic acids is 4. The third-order valence-corrected chi connectivity index (χ3v) is 4.33. The van der Waals surface area contributed by atoms with Crippen LogP contribution in [-0.2, 0) is 14.4 Å². The normalized spacial score (nSPS) is 14.5. The van der Waals surface area contributed by atoms with Crippen LogP contribution in [0.5, 0.6) is 0 Å². The lowest BCUT2D eigenvalue weighted by atomic mass is 10.2. The predicted molar refractivity (Wildman–Crippen MR) is 96.5 cm³/mol. The minimum atomic E-state index is -0.283. The van der Waals surface area contributed by atoms with Crippen molar-refractivity contribution in [1.82, 2.24) is 15.1 Å². The molecule has 1 saturated heterocycles. The number of benzene rings is 1. The number of nitrogens with one attached hydrogen (secondary N) is 1. The average molecular weight is 359 g/mol. The summed E-state index contributed by atoms with van der Waals surface area (Å²) in [7, 11) is 0. The van der Waals surface area contributed by atoms with E-state index in [-0.39, 0.29) is 42.9 Å². The molecule has 1 aliphatic heterocycles. The second-order valence-corrected chi connectivity index (χ2v) is 6.37. The van der Waals surface area contributed by atoms with E-state index in [0.29, 0.717) is 38.2 Å². The minimum Gasteiger partial charge on any atom is -0.343 e. The zero-order valence-electron chi connectivity index (χ0n) is 15.1. The van der Waals surface area contributed by atoms with Gasteiger partial charge in [-0.15, -0.1) is 0 Å². The van der Waals surface area contributed by atoms with Crippen LogP contribution in [-0.4, -0.2) is 66.0 Å². The smallest absolute Gasteiger partial charge is 0.251 e. The van der Waals surface area contributed by atoms with Crippen molar-refractivity contribution in [3.05, 3.63) is 35.9 Å². The first-order valence-electron chi connectivity index (χ1n) is 8.85. The third-order valence-electron chi connectivity index (χ3n) is 4.33. The summed E-state index contributed by atoms with van der Waals surface area (Å²) in [5.41, 5.74) is 0.512. The monoisotopic (exact) mass is 359 g/mol. The number of ketones is 1. The Morgan fingerprint density at radius 1 is 0.885 bits per heavy atom. The van der Waals surface area contributed by atoms with E-state index in [9.17, 15) is 19.2 Å². The second-order valence-electron chi connectivity index (χ2n) is 6.37. The van der Waals surface area contributed by atoms with Gasteiger partial charge in [-0.1, -0.05) is 18.2 Å². The first-order valence-corrected chi connectivity index (χ1v) is 8.85. The Morgan fingerprint density at radius 2 is 1.50 bits per heavy atom. The number of amides is 3. The number of nitrogens with zero attached hydrogens (tertiary/aromatic N) is 2. The van der Waals surface area contributed by atoms with Crippen LogP contribution >= 0.6 is 0 Å². The van der Waals surface area contributed by atoms with Crippen LogP contribution in [0, 0.1) is 0 Å². The van der Waals surface area contributed by atoms with E-state index in [1.54, 1.807) is 34.1 Å². The van der Waals surface area contributed by atoms with Gasteiger partial charge in [-0.25, -0.2) is 0 Å². The van der Waals surface area contributed by atoms with Gasteiger partial charge in [0.25, 0.3) is 5.91 Å². The zero-order chi connectivity index (χ0) is 18.9. The maximum atomic E-state index is 12.3. The van der Waals surface area contributed by atoms with Gasteiger partial charge in [-0.3, -0.25) is 14.4 Å². The maximum Gasteiger partial charge on any atom is 0.251 e. The molecule has 140 valence electrons. The molecule has 1 aromatic rings. The number of hydrogen-bond acceptors (Lipinski definition) is 4. The highest BCUT2D eigenvalue weighted by Crippen LogP contribution is 2.07. The van der Waals surface area contributed by atoms with Crippen LogP contribution < -0.4 is 5.32 Å². The molecule has 7 heteroatoms. The molecule has 7 nitrogen and oxygen atoms in total. The van der Waals surface area contributed by atoms with Gasteiger partial charge >= 0.3 is 0 Å². The van der Waals surface area contributed by atoms with E-state index < -0.39 is 0 Å². The Morgan fingerprint density at radius 3 is 2.12 bits per heavy atom. The molecule has 0 radical (unpaired) electrons. The molecule has 3 amide bonds. The van der Waals surface area contributed by atoms with E-state index in [1.165, 1.54) is 6.92 Å². The molecular weight excluding hydrogens is 334 g/mol. The summed E-state index contributed by atoms with van der Waals surface area (Å²) in [6, 6.07) is 8.74. The molecule has 0 atom stereocenters. The quantitative estimate of drug-likeness (QED) is 0.816. The molecule has 1 fully saturated rings. The molecule has 1 heterocycles. The van der Waals surface area contributed by atoms with Crippen molar-refractivity contribution in [1.29, 1.82) is 0 Å². The summed E-state index contributed by atoms with van der Waals surface area (Å²) in [5.74, 6) is -0.492. The molecule has 0 unspecified atom stereocenters. The first kappa shape index (κ1) is 19.6. The molecule has 1 aromatic carbocycles. The van der Waals surface area contributed by atoms with Gasteiger partial charge in [0.05, 0.1) is 6.54 Å². The van der Waals surface area contributed by atoms with Crippen molar-refractivity contribution in [2.45, 2.75) is 26.2 Å². The minimum absolute atomic E-state index is 0.000802. The van der Waals surface area contributed by atoms with Crippen molar-refractivity contribution in [3.8, 4) is 0 Å². The van der Waals surface area contributed by atoms with Crippen LogP contribution in [0.3, 0.4) is 0 Å². The zero-order valence-corrected chi connectivity index (χ0v) is 15.1. The lowest BCUT2D eigenvalue weighted by Gasteiger charge is -2.22. The highest BCUT2D eigenvalue weighted by Gasteiger charge is 2.22. The van der Waals surface area contributed by atoms with E-state index >= 15 is 0 Å². The van der Waals surface area contributed by atoms with Crippen LogP contribution in [0.1, 0.15) is 36.5 Å². The van der Waals surface area contributed by atoms with Gasteiger partial charge in [0.2, 0.25) is 11.8 Å². The molecule has 26 heavy (non-hydrogen) atoms. The summed E-state index contributed by atoms with van der Waals surface area (Å²) in [4.78, 5) is 50.9. The topological polar surface area (TPSA) is 86.8 Å². The molecule has 2 rings (SSSR count). The third kappa shape index (κ3) is 5.98. The Kier molecular flexibility index (Phi) is 7.32. The largest absolute Gasteiger partial charge is 0.343 e. The fourth-order valence-electron chi connectivity index (χ4n) is 2.82. The summed E-state index contributed by atoms with van der Waals surface area (Å²) < 4.78 is 0. The van der Waals surface area contributed by atoms with Crippen molar-refractivity contribution in [3.63, 3.8) is 0 Å². The number of rotatable bonds is 6. The van der Waals surface area contributed by atoms with E-state index in [0.717, 1.165) is 0 Å². The van der Waals surface area contributed by atoms with Crippen molar-refractivity contribution in [2.75, 3.05) is 32.7 Å². The van der Waals surface area contributed by atoms with E-state index in [4.69, 9.17) is 0 Å². The first-order chi connectivity index (χ1) is 12.5. The summed E-state index contributed by atoms with van der Waals surface area (Å²) in [6.45, 7) is 3.43. The molecule has 1 N–H and O–H groups in total. The van der Waals surface area contributed by atoms with E-state index in [2.05, 4.69) is 5.32 Å². The van der Waals surface area contributed by atoms with Crippen molar-refractivity contribution >= 4 is 23.5 Å². The molecule has 0 aliphatic carbocycles. The van der Waals surface area contributed by atoms with Crippen LogP contribution in [0.15, 0.2) is 30.3 Å². The van der Waals surface area contributed by atoms with Crippen LogP contribution in [0.2, 0.25) is 0 Å². The molecular formula is C19H25N3O4. The van der Waals surface area contributed by atoms with Crippen LogP contribution in [0.25, 0.3) is 0 Å². The van der Waals surface area contributed by atoms with Gasteiger partial charge in [0.15, 0.2) is 0 Å². The molecule has 1 aliphatic rings. The molecule has 0 bridgehead atoms. The fraction of sp³-hybridized carbons (Fsp3) is 0.474. The van der Waals surface area contributed by atoms with Crippen molar-refractivity contribution in [2.24, 2.45) is 0 Å². The summed E-state index contributed by atoms with van der Waals surface area (Å²) in [5, 5.41) is 2.63. The van der Waals surface area contributed by atoms with Gasteiger partial charge in [-0.2, -0.15) is 0 Å². The number of carbonyl (C=O) groups is 4. The highest BCUT2D eigenvalue weighted by molar-refractivity contribution is 5.96. The Bertz CT molecular complexity index is 660. The summed E-state index contributed by atoms with van der Waals surface area (Å²) in [6.07, 6.45) is 1.16.